The first-order valence-corrected chi connectivity index (χ1v) is 7.60. The van der Waals surface area contributed by atoms with Crippen LogP contribution in [-0.2, 0) is 9.47 Å². The van der Waals surface area contributed by atoms with E-state index in [-0.39, 0.29) is 5.60 Å². The first-order valence-electron chi connectivity index (χ1n) is 7.60. The number of rotatable bonds is 5. The van der Waals surface area contributed by atoms with Gasteiger partial charge in [-0.05, 0) is 33.6 Å². The second-order valence-electron chi connectivity index (χ2n) is 6.84. The Bertz CT molecular complexity index is 278. The Morgan fingerprint density at radius 3 is 2.63 bits per heavy atom. The van der Waals surface area contributed by atoms with Gasteiger partial charge in [0.15, 0.2) is 0 Å². The standard InChI is InChI=1S/C15H30N2O2/c1-15(2,3)19-12-14-6-5-13-11-16(9-10-18-4)7-8-17(13)14/h13-14H,5-12H2,1-4H3. The van der Waals surface area contributed by atoms with Gasteiger partial charge in [0.05, 0.1) is 18.8 Å². The summed E-state index contributed by atoms with van der Waals surface area (Å²) in [6.07, 6.45) is 2.61. The van der Waals surface area contributed by atoms with Crippen molar-refractivity contribution in [3.63, 3.8) is 0 Å². The lowest BCUT2D eigenvalue weighted by Crippen LogP contribution is -2.54. The zero-order valence-corrected chi connectivity index (χ0v) is 13.0. The van der Waals surface area contributed by atoms with Gasteiger partial charge in [0, 0.05) is 45.4 Å². The van der Waals surface area contributed by atoms with Gasteiger partial charge in [-0.2, -0.15) is 0 Å². The van der Waals surface area contributed by atoms with Gasteiger partial charge in [-0.1, -0.05) is 0 Å². The van der Waals surface area contributed by atoms with Crippen LogP contribution >= 0.6 is 0 Å². The Balaban J connectivity index is 1.78. The molecule has 0 aromatic carbocycles. The van der Waals surface area contributed by atoms with E-state index in [1.165, 1.54) is 32.5 Å². The maximum absolute atomic E-state index is 5.98. The quantitative estimate of drug-likeness (QED) is 0.757. The van der Waals surface area contributed by atoms with Crippen molar-refractivity contribution in [1.82, 2.24) is 9.80 Å². The topological polar surface area (TPSA) is 24.9 Å². The van der Waals surface area contributed by atoms with Gasteiger partial charge in [-0.25, -0.2) is 0 Å². The van der Waals surface area contributed by atoms with Crippen LogP contribution in [0, 0.1) is 0 Å². The number of hydrogen-bond acceptors (Lipinski definition) is 4. The number of methoxy groups -OCH3 is 1. The van der Waals surface area contributed by atoms with Crippen LogP contribution in [0.25, 0.3) is 0 Å². The number of ether oxygens (including phenoxy) is 2. The maximum Gasteiger partial charge on any atom is 0.0629 e. The molecule has 4 nitrogen and oxygen atoms in total. The number of hydrogen-bond donors (Lipinski definition) is 0. The van der Waals surface area contributed by atoms with Gasteiger partial charge in [-0.3, -0.25) is 9.80 Å². The predicted octanol–water partition coefficient (Wildman–Crippen LogP) is 1.60. The van der Waals surface area contributed by atoms with Crippen LogP contribution in [0.3, 0.4) is 0 Å². The molecule has 112 valence electrons. The molecule has 2 atom stereocenters. The molecule has 2 rings (SSSR count). The van der Waals surface area contributed by atoms with Crippen molar-refractivity contribution in [3.8, 4) is 0 Å². The summed E-state index contributed by atoms with van der Waals surface area (Å²) in [7, 11) is 1.78. The third kappa shape index (κ3) is 4.42. The van der Waals surface area contributed by atoms with Gasteiger partial charge in [0.1, 0.15) is 0 Å². The van der Waals surface area contributed by atoms with Gasteiger partial charge < -0.3 is 9.47 Å². The van der Waals surface area contributed by atoms with E-state index >= 15 is 0 Å². The molecule has 2 saturated heterocycles. The number of piperazine rings is 1. The van der Waals surface area contributed by atoms with Crippen LogP contribution in [0.5, 0.6) is 0 Å². The van der Waals surface area contributed by atoms with E-state index in [9.17, 15) is 0 Å². The molecule has 0 amide bonds. The highest BCUT2D eigenvalue weighted by Crippen LogP contribution is 2.28. The maximum atomic E-state index is 5.98. The molecule has 2 aliphatic rings. The molecule has 2 aliphatic heterocycles. The molecule has 0 aliphatic carbocycles. The van der Waals surface area contributed by atoms with Crippen LogP contribution in [0.15, 0.2) is 0 Å². The monoisotopic (exact) mass is 270 g/mol. The van der Waals surface area contributed by atoms with E-state index in [4.69, 9.17) is 9.47 Å². The third-order valence-corrected chi connectivity index (χ3v) is 4.23. The average molecular weight is 270 g/mol. The Labute approximate surface area is 118 Å². The second kappa shape index (κ2) is 6.53. The third-order valence-electron chi connectivity index (χ3n) is 4.23. The van der Waals surface area contributed by atoms with Crippen LogP contribution in [0.1, 0.15) is 33.6 Å². The van der Waals surface area contributed by atoms with Crippen molar-refractivity contribution < 1.29 is 9.47 Å². The predicted molar refractivity (Wildman–Crippen MR) is 77.5 cm³/mol. The minimum atomic E-state index is -0.0155. The average Bonchev–Trinajstić information content (AvgIpc) is 2.75. The lowest BCUT2D eigenvalue weighted by atomic mass is 10.1. The molecular formula is C15H30N2O2. The van der Waals surface area contributed by atoms with Crippen molar-refractivity contribution in [1.29, 1.82) is 0 Å². The van der Waals surface area contributed by atoms with Crippen molar-refractivity contribution in [3.05, 3.63) is 0 Å². The Morgan fingerprint density at radius 1 is 1.16 bits per heavy atom. The smallest absolute Gasteiger partial charge is 0.0629 e. The van der Waals surface area contributed by atoms with Gasteiger partial charge in [-0.15, -0.1) is 0 Å². The molecule has 0 radical (unpaired) electrons. The summed E-state index contributed by atoms with van der Waals surface area (Å²) < 4.78 is 11.2. The lowest BCUT2D eigenvalue weighted by Gasteiger charge is -2.40. The van der Waals surface area contributed by atoms with Gasteiger partial charge in [0.25, 0.3) is 0 Å². The fourth-order valence-corrected chi connectivity index (χ4v) is 3.17. The van der Waals surface area contributed by atoms with Crippen LogP contribution < -0.4 is 0 Å². The summed E-state index contributed by atoms with van der Waals surface area (Å²) in [5.74, 6) is 0. The van der Waals surface area contributed by atoms with E-state index in [1.807, 2.05) is 0 Å². The Morgan fingerprint density at radius 2 is 1.95 bits per heavy atom. The molecule has 2 unspecified atom stereocenters. The van der Waals surface area contributed by atoms with Gasteiger partial charge >= 0.3 is 0 Å². The minimum Gasteiger partial charge on any atom is -0.383 e. The molecule has 2 heterocycles. The highest BCUT2D eigenvalue weighted by molar-refractivity contribution is 4.93. The second-order valence-corrected chi connectivity index (χ2v) is 6.84. The largest absolute Gasteiger partial charge is 0.383 e. The molecule has 0 bridgehead atoms. The van der Waals surface area contributed by atoms with E-state index in [1.54, 1.807) is 7.11 Å². The molecular weight excluding hydrogens is 240 g/mol. The summed E-state index contributed by atoms with van der Waals surface area (Å²) in [5.41, 5.74) is -0.0155. The normalized spacial score (nSPS) is 29.7. The summed E-state index contributed by atoms with van der Waals surface area (Å²) in [5, 5.41) is 0. The van der Waals surface area contributed by atoms with Crippen LogP contribution in [0.4, 0.5) is 0 Å². The van der Waals surface area contributed by atoms with Crippen LogP contribution in [0.2, 0.25) is 0 Å². The first-order chi connectivity index (χ1) is 8.99. The summed E-state index contributed by atoms with van der Waals surface area (Å²) >= 11 is 0. The van der Waals surface area contributed by atoms with E-state index in [0.29, 0.717) is 6.04 Å². The fourth-order valence-electron chi connectivity index (χ4n) is 3.17. The lowest BCUT2D eigenvalue weighted by molar-refractivity contribution is -0.0405. The molecule has 0 aromatic heterocycles. The zero-order chi connectivity index (χ0) is 13.9. The van der Waals surface area contributed by atoms with Crippen molar-refractivity contribution >= 4 is 0 Å². The zero-order valence-electron chi connectivity index (χ0n) is 13.0. The van der Waals surface area contributed by atoms with E-state index < -0.39 is 0 Å². The molecule has 2 fully saturated rings. The SMILES string of the molecule is COCCN1CCN2C(COC(C)(C)C)CCC2C1. The summed E-state index contributed by atoms with van der Waals surface area (Å²) in [4.78, 5) is 5.21. The van der Waals surface area contributed by atoms with Crippen molar-refractivity contribution in [2.24, 2.45) is 0 Å². The molecule has 0 aromatic rings. The summed E-state index contributed by atoms with van der Waals surface area (Å²) in [6, 6.07) is 1.37. The summed E-state index contributed by atoms with van der Waals surface area (Å²) in [6.45, 7) is 12.8. The molecule has 0 N–H and O–H groups in total. The van der Waals surface area contributed by atoms with Crippen molar-refractivity contribution in [2.45, 2.75) is 51.3 Å². The molecule has 4 heteroatoms. The minimum absolute atomic E-state index is 0.0155. The van der Waals surface area contributed by atoms with Crippen molar-refractivity contribution in [2.75, 3.05) is 46.5 Å². The van der Waals surface area contributed by atoms with E-state index in [0.717, 1.165) is 25.8 Å². The Hall–Kier alpha value is -0.160. The highest BCUT2D eigenvalue weighted by atomic mass is 16.5. The molecule has 19 heavy (non-hydrogen) atoms. The van der Waals surface area contributed by atoms with Gasteiger partial charge in [0.2, 0.25) is 0 Å². The number of nitrogens with zero attached hydrogens (tertiary/aromatic N) is 2. The van der Waals surface area contributed by atoms with E-state index in [2.05, 4.69) is 30.6 Å². The Kier molecular flexibility index (Phi) is 5.23. The number of fused-ring (bicyclic) bond motifs is 1. The van der Waals surface area contributed by atoms with Crippen LogP contribution in [-0.4, -0.2) is 74.0 Å². The molecule has 0 spiro atoms. The first kappa shape index (κ1) is 15.2. The highest BCUT2D eigenvalue weighted by Gasteiger charge is 2.37. The fraction of sp³-hybridized carbons (Fsp3) is 1.00. The molecule has 0 saturated carbocycles.